The van der Waals surface area contributed by atoms with Crippen LogP contribution in [0, 0.1) is 0 Å². The van der Waals surface area contributed by atoms with Gasteiger partial charge in [0, 0.05) is 25.4 Å². The van der Waals surface area contributed by atoms with Gasteiger partial charge in [0.2, 0.25) is 10.0 Å². The number of sulfonamides is 1. The summed E-state index contributed by atoms with van der Waals surface area (Å²) >= 11 is 0. The van der Waals surface area contributed by atoms with Crippen molar-refractivity contribution < 1.29 is 26.4 Å². The van der Waals surface area contributed by atoms with Gasteiger partial charge in [0.25, 0.3) is 0 Å². The average molecular weight is 349 g/mol. The number of halogens is 3. The molecule has 1 atom stereocenters. The Morgan fingerprint density at radius 2 is 2.00 bits per heavy atom. The maximum atomic E-state index is 12.8. The Morgan fingerprint density at radius 1 is 1.30 bits per heavy atom. The highest BCUT2D eigenvalue weighted by Gasteiger charge is 2.37. The minimum atomic E-state index is -4.60. The Hall–Kier alpha value is -1.41. The molecule has 128 valence electrons. The molecule has 0 aromatic heterocycles. The van der Waals surface area contributed by atoms with Crippen LogP contribution >= 0.6 is 0 Å². The lowest BCUT2D eigenvalue weighted by Crippen LogP contribution is -2.46. The second kappa shape index (κ2) is 6.60. The molecule has 0 N–H and O–H groups in total. The maximum Gasteiger partial charge on any atom is 0.416 e. The molecule has 1 aliphatic rings. The standard InChI is InChI=1S/C15H18F3NO3S/c1-2-4-12-10-13(20)7-8-19(12)23(21,22)14-6-3-5-11(9-14)15(16,17)18/h3,5-6,9,12H,2,4,7-8,10H2,1H3. The molecule has 0 spiro atoms. The van der Waals surface area contributed by atoms with Crippen molar-refractivity contribution in [2.24, 2.45) is 0 Å². The van der Waals surface area contributed by atoms with E-state index in [9.17, 15) is 26.4 Å². The number of hydrogen-bond donors (Lipinski definition) is 0. The van der Waals surface area contributed by atoms with Crippen LogP contribution in [0.1, 0.15) is 38.2 Å². The van der Waals surface area contributed by atoms with Crippen LogP contribution in [-0.4, -0.2) is 31.1 Å². The Kier molecular flexibility index (Phi) is 5.15. The first-order valence-electron chi connectivity index (χ1n) is 7.37. The summed E-state index contributed by atoms with van der Waals surface area (Å²) < 4.78 is 65.0. The Morgan fingerprint density at radius 3 is 2.61 bits per heavy atom. The number of hydrogen-bond acceptors (Lipinski definition) is 3. The summed E-state index contributed by atoms with van der Waals surface area (Å²) in [7, 11) is -4.06. The predicted octanol–water partition coefficient (Wildman–Crippen LogP) is 3.23. The monoisotopic (exact) mass is 349 g/mol. The van der Waals surface area contributed by atoms with Crippen molar-refractivity contribution in [1.29, 1.82) is 0 Å². The minimum absolute atomic E-state index is 0.0149. The van der Waals surface area contributed by atoms with Crippen LogP contribution in [0.2, 0.25) is 0 Å². The molecule has 1 aromatic rings. The summed E-state index contributed by atoms with van der Waals surface area (Å²) in [6.07, 6.45) is -3.20. The van der Waals surface area contributed by atoms with Crippen molar-refractivity contribution in [1.82, 2.24) is 4.31 Å². The molecule has 1 aromatic carbocycles. The summed E-state index contributed by atoms with van der Waals surface area (Å²) in [5.41, 5.74) is -1.00. The highest BCUT2D eigenvalue weighted by molar-refractivity contribution is 7.89. The van der Waals surface area contributed by atoms with Crippen LogP contribution < -0.4 is 0 Å². The van der Waals surface area contributed by atoms with Crippen molar-refractivity contribution in [3.63, 3.8) is 0 Å². The van der Waals surface area contributed by atoms with Crippen LogP contribution in [0.3, 0.4) is 0 Å². The van der Waals surface area contributed by atoms with E-state index in [0.717, 1.165) is 18.2 Å². The van der Waals surface area contributed by atoms with Crippen molar-refractivity contribution in [3.8, 4) is 0 Å². The number of alkyl halides is 3. The Labute approximate surface area is 133 Å². The van der Waals surface area contributed by atoms with E-state index in [-0.39, 0.29) is 30.1 Å². The SMILES string of the molecule is CCCC1CC(=O)CCN1S(=O)(=O)c1cccc(C(F)(F)F)c1. The van der Waals surface area contributed by atoms with Crippen LogP contribution in [0.5, 0.6) is 0 Å². The molecule has 0 bridgehead atoms. The molecule has 8 heteroatoms. The molecule has 1 saturated heterocycles. The smallest absolute Gasteiger partial charge is 0.300 e. The molecule has 23 heavy (non-hydrogen) atoms. The second-order valence-electron chi connectivity index (χ2n) is 5.58. The van der Waals surface area contributed by atoms with E-state index in [1.165, 1.54) is 4.31 Å². The van der Waals surface area contributed by atoms with E-state index in [1.807, 2.05) is 6.92 Å². The third-order valence-electron chi connectivity index (χ3n) is 3.87. The molecule has 4 nitrogen and oxygen atoms in total. The molecule has 0 aliphatic carbocycles. The first kappa shape index (κ1) is 17.9. The third-order valence-corrected chi connectivity index (χ3v) is 5.82. The van der Waals surface area contributed by atoms with Gasteiger partial charge in [-0.3, -0.25) is 4.79 Å². The summed E-state index contributed by atoms with van der Waals surface area (Å²) in [5, 5.41) is 0. The predicted molar refractivity (Wildman–Crippen MR) is 78.3 cm³/mol. The van der Waals surface area contributed by atoms with E-state index in [4.69, 9.17) is 0 Å². The fraction of sp³-hybridized carbons (Fsp3) is 0.533. The fourth-order valence-corrected chi connectivity index (χ4v) is 4.45. The highest BCUT2D eigenvalue weighted by atomic mass is 32.2. The van der Waals surface area contributed by atoms with Crippen LogP contribution in [0.4, 0.5) is 13.2 Å². The van der Waals surface area contributed by atoms with Crippen LogP contribution in [0.15, 0.2) is 29.2 Å². The third kappa shape index (κ3) is 3.92. The topological polar surface area (TPSA) is 54.5 Å². The molecule has 1 aliphatic heterocycles. The van der Waals surface area contributed by atoms with E-state index in [2.05, 4.69) is 0 Å². The molecular formula is C15H18F3NO3S. The van der Waals surface area contributed by atoms with Gasteiger partial charge in [-0.25, -0.2) is 8.42 Å². The number of Topliss-reactive ketones (excluding diaryl/α,β-unsaturated/α-hetero) is 1. The first-order chi connectivity index (χ1) is 10.7. The molecule has 0 radical (unpaired) electrons. The van der Waals surface area contributed by atoms with Gasteiger partial charge in [0.15, 0.2) is 0 Å². The van der Waals surface area contributed by atoms with Crippen LogP contribution in [0.25, 0.3) is 0 Å². The molecular weight excluding hydrogens is 331 g/mol. The number of nitrogens with zero attached hydrogens (tertiary/aromatic N) is 1. The normalized spacial score (nSPS) is 20.7. The average Bonchev–Trinajstić information content (AvgIpc) is 2.47. The summed E-state index contributed by atoms with van der Waals surface area (Å²) in [6.45, 7) is 1.89. The number of carbonyl (C=O) groups is 1. The molecule has 0 amide bonds. The molecule has 1 heterocycles. The van der Waals surface area contributed by atoms with Gasteiger partial charge in [-0.2, -0.15) is 17.5 Å². The highest BCUT2D eigenvalue weighted by Crippen LogP contribution is 2.32. The minimum Gasteiger partial charge on any atom is -0.300 e. The quantitative estimate of drug-likeness (QED) is 0.839. The van der Waals surface area contributed by atoms with Crippen LogP contribution in [-0.2, 0) is 21.0 Å². The molecule has 1 unspecified atom stereocenters. The first-order valence-corrected chi connectivity index (χ1v) is 8.81. The van der Waals surface area contributed by atoms with Crippen molar-refractivity contribution in [3.05, 3.63) is 29.8 Å². The zero-order valence-corrected chi connectivity index (χ0v) is 13.5. The summed E-state index contributed by atoms with van der Waals surface area (Å²) in [6, 6.07) is 3.24. The molecule has 1 fully saturated rings. The number of rotatable bonds is 4. The second-order valence-corrected chi connectivity index (χ2v) is 7.47. The van der Waals surface area contributed by atoms with Crippen molar-refractivity contribution in [2.75, 3.05) is 6.54 Å². The number of piperidine rings is 1. The number of ketones is 1. The van der Waals surface area contributed by atoms with E-state index in [0.29, 0.717) is 18.9 Å². The van der Waals surface area contributed by atoms with Gasteiger partial charge >= 0.3 is 6.18 Å². The summed E-state index contributed by atoms with van der Waals surface area (Å²) in [5.74, 6) is -0.0149. The van der Waals surface area contributed by atoms with E-state index >= 15 is 0 Å². The lowest BCUT2D eigenvalue weighted by atomic mass is 10.00. The van der Waals surface area contributed by atoms with Gasteiger partial charge in [0.1, 0.15) is 5.78 Å². The lowest BCUT2D eigenvalue weighted by Gasteiger charge is -2.34. The maximum absolute atomic E-state index is 12.8. The largest absolute Gasteiger partial charge is 0.416 e. The zero-order valence-electron chi connectivity index (χ0n) is 12.6. The number of carbonyl (C=O) groups excluding carboxylic acids is 1. The van der Waals surface area contributed by atoms with Crippen molar-refractivity contribution in [2.45, 2.75) is 49.7 Å². The van der Waals surface area contributed by atoms with Gasteiger partial charge in [-0.05, 0) is 24.6 Å². The van der Waals surface area contributed by atoms with Crippen molar-refractivity contribution >= 4 is 15.8 Å². The molecule has 0 saturated carbocycles. The van der Waals surface area contributed by atoms with Gasteiger partial charge in [-0.1, -0.05) is 19.4 Å². The zero-order chi connectivity index (χ0) is 17.3. The van der Waals surface area contributed by atoms with Gasteiger partial charge in [-0.15, -0.1) is 0 Å². The van der Waals surface area contributed by atoms with Gasteiger partial charge in [0.05, 0.1) is 10.5 Å². The Bertz CT molecular complexity index is 685. The molecule has 2 rings (SSSR count). The lowest BCUT2D eigenvalue weighted by molar-refractivity contribution is -0.137. The van der Waals surface area contributed by atoms with E-state index < -0.39 is 27.8 Å². The van der Waals surface area contributed by atoms with E-state index in [1.54, 1.807) is 0 Å². The van der Waals surface area contributed by atoms with Gasteiger partial charge < -0.3 is 0 Å². The fourth-order valence-electron chi connectivity index (χ4n) is 2.75. The summed E-state index contributed by atoms with van der Waals surface area (Å²) in [4.78, 5) is 11.2. The Balaban J connectivity index is 2.39. The number of benzene rings is 1.